The van der Waals surface area contributed by atoms with E-state index in [4.69, 9.17) is 18.8 Å². The van der Waals surface area contributed by atoms with Gasteiger partial charge in [0.15, 0.2) is 0 Å². The van der Waals surface area contributed by atoms with Gasteiger partial charge in [0.25, 0.3) is 0 Å². The molecule has 0 aliphatic carbocycles. The number of hydrogen-bond acceptors (Lipinski definition) is 4. The lowest BCUT2D eigenvalue weighted by Crippen LogP contribution is -1.97. The molecule has 0 atom stereocenters. The third kappa shape index (κ3) is 5.27. The fourth-order valence-corrected chi connectivity index (χ4v) is 9.66. The molecule has 288 valence electrons. The minimum absolute atomic E-state index is 0.762. The summed E-state index contributed by atoms with van der Waals surface area (Å²) >= 11 is 0. The maximum Gasteiger partial charge on any atom is 0.143 e. The third-order valence-electron chi connectivity index (χ3n) is 12.5. The molecule has 0 N–H and O–H groups in total. The molecule has 0 aliphatic heterocycles. The second-order valence-electron chi connectivity index (χ2n) is 16.0. The molecule has 3 aromatic heterocycles. The van der Waals surface area contributed by atoms with Gasteiger partial charge in [0.2, 0.25) is 0 Å². The molecule has 62 heavy (non-hydrogen) atoms. The second kappa shape index (κ2) is 13.6. The Labute approximate surface area is 356 Å². The highest BCUT2D eigenvalue weighted by atomic mass is 16.3. The van der Waals surface area contributed by atoms with Crippen LogP contribution in [-0.4, -0.2) is 9.97 Å². The Bertz CT molecular complexity index is 3790. The van der Waals surface area contributed by atoms with Crippen LogP contribution in [0.5, 0.6) is 0 Å². The van der Waals surface area contributed by atoms with Crippen LogP contribution in [0.25, 0.3) is 132 Å². The number of hydrogen-bond donors (Lipinski definition) is 0. The molecule has 0 amide bonds. The molecule has 4 nitrogen and oxygen atoms in total. The van der Waals surface area contributed by atoms with E-state index in [0.717, 1.165) is 121 Å². The molecule has 0 saturated heterocycles. The van der Waals surface area contributed by atoms with Crippen LogP contribution >= 0.6 is 0 Å². The van der Waals surface area contributed by atoms with Crippen molar-refractivity contribution in [1.82, 2.24) is 9.97 Å². The van der Waals surface area contributed by atoms with Gasteiger partial charge in [-0.2, -0.15) is 0 Å². The smallest absolute Gasteiger partial charge is 0.143 e. The van der Waals surface area contributed by atoms with E-state index in [1.165, 1.54) is 11.1 Å². The number of aromatic nitrogens is 2. The standard InChI is InChI=1S/C58H34N2O2/c1-3-14-35(15-4-1)37-28-30-43-49(32-37)50-33-38(36-16-5-2-6-17-36)29-31-44(50)56-55(43)59-34-51(60-56)54-41(47-24-12-22-45-39-18-7-9-26-52(39)61-57(45)47)20-11-21-42(54)48-25-13-23-46-40-19-8-10-27-53(40)62-58(46)48/h1-34H. The van der Waals surface area contributed by atoms with Crippen LogP contribution in [0.1, 0.15) is 0 Å². The zero-order chi connectivity index (χ0) is 40.7. The summed E-state index contributed by atoms with van der Waals surface area (Å²) in [7, 11) is 0. The molecule has 13 rings (SSSR count). The van der Waals surface area contributed by atoms with Crippen molar-refractivity contribution < 1.29 is 8.83 Å². The summed E-state index contributed by atoms with van der Waals surface area (Å²) < 4.78 is 13.4. The molecular formula is C58H34N2O2. The van der Waals surface area contributed by atoms with Crippen LogP contribution in [0.2, 0.25) is 0 Å². The monoisotopic (exact) mass is 790 g/mol. The predicted octanol–water partition coefficient (Wildman–Crippen LogP) is 16.1. The average molecular weight is 791 g/mol. The van der Waals surface area contributed by atoms with Gasteiger partial charge in [-0.15, -0.1) is 0 Å². The summed E-state index contributed by atoms with van der Waals surface area (Å²) in [5.74, 6) is 0. The van der Waals surface area contributed by atoms with Gasteiger partial charge in [-0.25, -0.2) is 4.98 Å². The minimum Gasteiger partial charge on any atom is -0.455 e. The summed E-state index contributed by atoms with van der Waals surface area (Å²) in [4.78, 5) is 11.1. The Morgan fingerprint density at radius 3 is 1.31 bits per heavy atom. The summed E-state index contributed by atoms with van der Waals surface area (Å²) in [5, 5.41) is 8.69. The van der Waals surface area contributed by atoms with Crippen LogP contribution in [0.3, 0.4) is 0 Å². The number of rotatable bonds is 5. The van der Waals surface area contributed by atoms with Crippen molar-refractivity contribution in [2.75, 3.05) is 0 Å². The Morgan fingerprint density at radius 1 is 0.306 bits per heavy atom. The molecule has 10 aromatic carbocycles. The number of para-hydroxylation sites is 4. The highest BCUT2D eigenvalue weighted by molar-refractivity contribution is 6.24. The van der Waals surface area contributed by atoms with Gasteiger partial charge in [0.05, 0.1) is 22.9 Å². The first-order valence-corrected chi connectivity index (χ1v) is 21.0. The lowest BCUT2D eigenvalue weighted by atomic mass is 9.88. The molecule has 0 radical (unpaired) electrons. The van der Waals surface area contributed by atoms with Gasteiger partial charge in [-0.1, -0.05) is 176 Å². The Hall–Kier alpha value is -8.34. The van der Waals surface area contributed by atoms with Gasteiger partial charge in [0, 0.05) is 49.0 Å². The van der Waals surface area contributed by atoms with Gasteiger partial charge in [0.1, 0.15) is 22.3 Å². The maximum atomic E-state index is 6.70. The topological polar surface area (TPSA) is 52.1 Å². The van der Waals surface area contributed by atoms with Crippen molar-refractivity contribution in [3.63, 3.8) is 0 Å². The highest BCUT2D eigenvalue weighted by Crippen LogP contribution is 2.47. The van der Waals surface area contributed by atoms with Crippen molar-refractivity contribution in [1.29, 1.82) is 0 Å². The first kappa shape index (κ1) is 34.5. The normalized spacial score (nSPS) is 11.9. The SMILES string of the molecule is c1ccc(-c2ccc3c(c2)c2cc(-c4ccccc4)ccc2c2nc(-c4c(-c5cccc6c5oc5ccccc56)cccc4-c4cccc5c4oc4ccccc45)cnc32)cc1. The molecule has 0 bridgehead atoms. The summed E-state index contributed by atoms with van der Waals surface area (Å²) in [6, 6.07) is 70.5. The van der Waals surface area contributed by atoms with Gasteiger partial charge in [-0.3, -0.25) is 4.98 Å². The molecule has 13 aromatic rings. The van der Waals surface area contributed by atoms with E-state index in [1.54, 1.807) is 0 Å². The van der Waals surface area contributed by atoms with E-state index in [2.05, 4.69) is 176 Å². The van der Waals surface area contributed by atoms with Crippen molar-refractivity contribution in [2.45, 2.75) is 0 Å². The second-order valence-corrected chi connectivity index (χ2v) is 16.0. The quantitative estimate of drug-likeness (QED) is 0.163. The van der Waals surface area contributed by atoms with E-state index >= 15 is 0 Å². The average Bonchev–Trinajstić information content (AvgIpc) is 3.93. The summed E-state index contributed by atoms with van der Waals surface area (Å²) in [5.41, 5.74) is 15.4. The highest BCUT2D eigenvalue weighted by Gasteiger charge is 2.23. The third-order valence-corrected chi connectivity index (χ3v) is 12.5. The van der Waals surface area contributed by atoms with Crippen molar-refractivity contribution >= 4 is 76.5 Å². The largest absolute Gasteiger partial charge is 0.455 e. The van der Waals surface area contributed by atoms with Crippen molar-refractivity contribution in [2.24, 2.45) is 0 Å². The molecule has 4 heteroatoms. The molecule has 0 spiro atoms. The molecular weight excluding hydrogens is 757 g/mol. The number of fused-ring (bicyclic) bond motifs is 12. The Balaban J connectivity index is 1.12. The number of nitrogens with zero attached hydrogens (tertiary/aromatic N) is 2. The van der Waals surface area contributed by atoms with Crippen LogP contribution in [0.15, 0.2) is 215 Å². The van der Waals surface area contributed by atoms with Gasteiger partial charge in [-0.05, 0) is 68.4 Å². The van der Waals surface area contributed by atoms with E-state index in [1.807, 2.05) is 30.5 Å². The van der Waals surface area contributed by atoms with E-state index < -0.39 is 0 Å². The minimum atomic E-state index is 0.762. The fraction of sp³-hybridized carbons (Fsp3) is 0. The van der Waals surface area contributed by atoms with E-state index in [0.29, 0.717) is 0 Å². The molecule has 0 saturated carbocycles. The summed E-state index contributed by atoms with van der Waals surface area (Å²) in [6.45, 7) is 0. The van der Waals surface area contributed by atoms with Crippen LogP contribution < -0.4 is 0 Å². The van der Waals surface area contributed by atoms with Gasteiger partial charge < -0.3 is 8.83 Å². The van der Waals surface area contributed by atoms with Crippen LogP contribution in [-0.2, 0) is 0 Å². The zero-order valence-corrected chi connectivity index (χ0v) is 33.3. The molecule has 3 heterocycles. The molecule has 0 aliphatic rings. The van der Waals surface area contributed by atoms with Crippen LogP contribution in [0.4, 0.5) is 0 Å². The molecule has 0 unspecified atom stereocenters. The Kier molecular flexibility index (Phi) is 7.57. The maximum absolute atomic E-state index is 6.70. The Morgan fingerprint density at radius 2 is 0.758 bits per heavy atom. The van der Waals surface area contributed by atoms with Crippen molar-refractivity contribution in [3.05, 3.63) is 206 Å². The number of benzene rings is 10. The lowest BCUT2D eigenvalue weighted by molar-refractivity contribution is 0.670. The predicted molar refractivity (Wildman–Crippen MR) is 256 cm³/mol. The van der Waals surface area contributed by atoms with E-state index in [-0.39, 0.29) is 0 Å². The van der Waals surface area contributed by atoms with Crippen molar-refractivity contribution in [3.8, 4) is 55.8 Å². The first-order chi connectivity index (χ1) is 30.7. The van der Waals surface area contributed by atoms with Crippen LogP contribution in [0, 0.1) is 0 Å². The zero-order valence-electron chi connectivity index (χ0n) is 33.3. The fourth-order valence-electron chi connectivity index (χ4n) is 9.66. The lowest BCUT2D eigenvalue weighted by Gasteiger charge is -2.17. The molecule has 0 fully saturated rings. The first-order valence-electron chi connectivity index (χ1n) is 21.0. The van der Waals surface area contributed by atoms with Gasteiger partial charge >= 0.3 is 0 Å². The summed E-state index contributed by atoms with van der Waals surface area (Å²) in [6.07, 6.45) is 1.96. The number of furan rings is 2. The van der Waals surface area contributed by atoms with E-state index in [9.17, 15) is 0 Å².